The second-order valence-corrected chi connectivity index (χ2v) is 4.32. The van der Waals surface area contributed by atoms with E-state index < -0.39 is 0 Å². The molecule has 0 saturated carbocycles. The first kappa shape index (κ1) is 13.1. The van der Waals surface area contributed by atoms with E-state index in [1.807, 2.05) is 6.07 Å². The Bertz CT molecular complexity index is 811. The average molecular weight is 283 g/mol. The molecule has 6 heteroatoms. The molecule has 0 amide bonds. The minimum atomic E-state index is 0.449. The molecule has 0 atom stereocenters. The van der Waals surface area contributed by atoms with Crippen molar-refractivity contribution in [2.75, 3.05) is 14.2 Å². The maximum Gasteiger partial charge on any atom is 0.234 e. The van der Waals surface area contributed by atoms with Gasteiger partial charge in [-0.2, -0.15) is 0 Å². The molecular weight excluding hydrogens is 270 g/mol. The predicted octanol–water partition coefficient (Wildman–Crippen LogP) is 2.23. The van der Waals surface area contributed by atoms with Gasteiger partial charge in [-0.3, -0.25) is 9.20 Å². The number of carbonyl (C=O) groups is 1. The molecular formula is C15H13N3O3. The van der Waals surface area contributed by atoms with Crippen molar-refractivity contribution in [3.05, 3.63) is 42.4 Å². The fourth-order valence-corrected chi connectivity index (χ4v) is 2.21. The fourth-order valence-electron chi connectivity index (χ4n) is 2.21. The van der Waals surface area contributed by atoms with Crippen molar-refractivity contribution in [1.82, 2.24) is 14.4 Å². The van der Waals surface area contributed by atoms with E-state index in [1.165, 1.54) is 0 Å². The van der Waals surface area contributed by atoms with Crippen LogP contribution in [-0.4, -0.2) is 34.9 Å². The van der Waals surface area contributed by atoms with Gasteiger partial charge >= 0.3 is 0 Å². The Morgan fingerprint density at radius 3 is 2.71 bits per heavy atom. The van der Waals surface area contributed by atoms with E-state index in [-0.39, 0.29) is 0 Å². The van der Waals surface area contributed by atoms with Gasteiger partial charge in [-0.15, -0.1) is 0 Å². The highest BCUT2D eigenvalue weighted by Gasteiger charge is 2.15. The lowest BCUT2D eigenvalue weighted by molar-refractivity contribution is 0.111. The third-order valence-electron chi connectivity index (χ3n) is 3.21. The molecule has 0 unspecified atom stereocenters. The maximum atomic E-state index is 11.4. The molecule has 0 radical (unpaired) electrons. The van der Waals surface area contributed by atoms with E-state index in [0.717, 1.165) is 11.8 Å². The molecule has 0 aliphatic heterocycles. The van der Waals surface area contributed by atoms with E-state index in [2.05, 4.69) is 9.97 Å². The topological polar surface area (TPSA) is 65.7 Å². The smallest absolute Gasteiger partial charge is 0.234 e. The lowest BCUT2D eigenvalue weighted by atomic mass is 10.1. The van der Waals surface area contributed by atoms with Gasteiger partial charge in [0.15, 0.2) is 17.8 Å². The van der Waals surface area contributed by atoms with E-state index in [1.54, 1.807) is 49.2 Å². The van der Waals surface area contributed by atoms with Gasteiger partial charge in [-0.25, -0.2) is 9.97 Å². The van der Waals surface area contributed by atoms with Crippen molar-refractivity contribution < 1.29 is 14.3 Å². The van der Waals surface area contributed by atoms with Crippen LogP contribution in [0.5, 0.6) is 11.5 Å². The summed E-state index contributed by atoms with van der Waals surface area (Å²) in [6.07, 6.45) is 4.16. The second kappa shape index (κ2) is 5.24. The Morgan fingerprint density at radius 1 is 1.19 bits per heavy atom. The van der Waals surface area contributed by atoms with Gasteiger partial charge in [0.05, 0.1) is 14.2 Å². The minimum absolute atomic E-state index is 0.449. The summed E-state index contributed by atoms with van der Waals surface area (Å²) in [7, 11) is 3.14. The molecule has 2 heterocycles. The van der Waals surface area contributed by atoms with Crippen molar-refractivity contribution in [2.24, 2.45) is 0 Å². The van der Waals surface area contributed by atoms with Gasteiger partial charge < -0.3 is 9.47 Å². The fraction of sp³-hybridized carbons (Fsp3) is 0.133. The molecule has 21 heavy (non-hydrogen) atoms. The van der Waals surface area contributed by atoms with E-state index >= 15 is 0 Å². The van der Waals surface area contributed by atoms with Gasteiger partial charge in [0.1, 0.15) is 11.4 Å². The molecule has 0 bridgehead atoms. The predicted molar refractivity (Wildman–Crippen MR) is 76.9 cm³/mol. The number of imidazole rings is 1. The summed E-state index contributed by atoms with van der Waals surface area (Å²) < 4.78 is 12.1. The van der Waals surface area contributed by atoms with Gasteiger partial charge in [-0.1, -0.05) is 0 Å². The zero-order valence-electron chi connectivity index (χ0n) is 11.6. The van der Waals surface area contributed by atoms with E-state index in [0.29, 0.717) is 28.7 Å². The molecule has 6 nitrogen and oxygen atoms in total. The number of aldehydes is 1. The highest BCUT2D eigenvalue weighted by molar-refractivity contribution is 5.86. The molecule has 0 saturated heterocycles. The molecule has 106 valence electrons. The first-order chi connectivity index (χ1) is 10.3. The summed E-state index contributed by atoms with van der Waals surface area (Å²) in [4.78, 5) is 20.0. The van der Waals surface area contributed by atoms with Crippen LogP contribution >= 0.6 is 0 Å². The number of benzene rings is 1. The number of hydrogen-bond acceptors (Lipinski definition) is 5. The van der Waals surface area contributed by atoms with Gasteiger partial charge in [0.2, 0.25) is 5.78 Å². The van der Waals surface area contributed by atoms with Crippen LogP contribution in [0.2, 0.25) is 0 Å². The highest BCUT2D eigenvalue weighted by atomic mass is 16.5. The lowest BCUT2D eigenvalue weighted by Gasteiger charge is -2.08. The van der Waals surface area contributed by atoms with Crippen LogP contribution in [0.4, 0.5) is 0 Å². The summed E-state index contributed by atoms with van der Waals surface area (Å²) >= 11 is 0. The lowest BCUT2D eigenvalue weighted by Crippen LogP contribution is -1.94. The Labute approximate surface area is 121 Å². The summed E-state index contributed by atoms with van der Waals surface area (Å²) in [5.74, 6) is 1.68. The van der Waals surface area contributed by atoms with Crippen molar-refractivity contribution in [3.8, 4) is 22.8 Å². The molecule has 0 aliphatic rings. The Morgan fingerprint density at radius 2 is 2.00 bits per heavy atom. The number of aromatic nitrogens is 3. The summed E-state index contributed by atoms with van der Waals surface area (Å²) in [6, 6.07) is 7.14. The Kier molecular flexibility index (Phi) is 3.27. The number of carbonyl (C=O) groups excluding carboxylic acids is 1. The quantitative estimate of drug-likeness (QED) is 0.687. The van der Waals surface area contributed by atoms with Crippen LogP contribution in [-0.2, 0) is 0 Å². The Hall–Kier alpha value is -2.89. The molecule has 0 spiro atoms. The normalized spacial score (nSPS) is 10.6. The summed E-state index contributed by atoms with van der Waals surface area (Å²) in [6.45, 7) is 0. The molecule has 0 aliphatic carbocycles. The zero-order chi connectivity index (χ0) is 14.8. The summed E-state index contributed by atoms with van der Waals surface area (Å²) in [5.41, 5.74) is 1.77. The Balaban J connectivity index is 2.22. The minimum Gasteiger partial charge on any atom is -0.493 e. The first-order valence-corrected chi connectivity index (χ1v) is 6.29. The van der Waals surface area contributed by atoms with Crippen molar-refractivity contribution in [1.29, 1.82) is 0 Å². The average Bonchev–Trinajstić information content (AvgIpc) is 2.92. The van der Waals surface area contributed by atoms with Crippen LogP contribution < -0.4 is 9.47 Å². The van der Waals surface area contributed by atoms with Gasteiger partial charge in [0, 0.05) is 18.0 Å². The SMILES string of the molecule is COc1ccc(-c2nc3ncccn3c2C=O)cc1OC. The van der Waals surface area contributed by atoms with E-state index in [4.69, 9.17) is 9.47 Å². The molecule has 3 rings (SSSR count). The van der Waals surface area contributed by atoms with E-state index in [9.17, 15) is 4.79 Å². The highest BCUT2D eigenvalue weighted by Crippen LogP contribution is 2.33. The largest absolute Gasteiger partial charge is 0.493 e. The number of fused-ring (bicyclic) bond motifs is 1. The molecule has 2 aromatic heterocycles. The van der Waals surface area contributed by atoms with Crippen molar-refractivity contribution in [3.63, 3.8) is 0 Å². The number of ether oxygens (including phenoxy) is 2. The van der Waals surface area contributed by atoms with Crippen molar-refractivity contribution >= 4 is 12.1 Å². The second-order valence-electron chi connectivity index (χ2n) is 4.32. The van der Waals surface area contributed by atoms with Crippen LogP contribution in [0.25, 0.3) is 17.0 Å². The number of hydrogen-bond donors (Lipinski definition) is 0. The van der Waals surface area contributed by atoms with Crippen molar-refractivity contribution in [2.45, 2.75) is 0 Å². The molecule has 3 aromatic rings. The summed E-state index contributed by atoms with van der Waals surface area (Å²) in [5, 5.41) is 0. The third-order valence-corrected chi connectivity index (χ3v) is 3.21. The van der Waals surface area contributed by atoms with Crippen LogP contribution in [0.1, 0.15) is 10.5 Å². The molecule has 1 aromatic carbocycles. The van der Waals surface area contributed by atoms with Gasteiger partial charge in [-0.05, 0) is 24.3 Å². The first-order valence-electron chi connectivity index (χ1n) is 6.29. The van der Waals surface area contributed by atoms with Crippen LogP contribution in [0.3, 0.4) is 0 Å². The van der Waals surface area contributed by atoms with Gasteiger partial charge in [0.25, 0.3) is 0 Å². The van der Waals surface area contributed by atoms with Crippen LogP contribution in [0.15, 0.2) is 36.7 Å². The third kappa shape index (κ3) is 2.10. The standard InChI is InChI=1S/C15H13N3O3/c1-20-12-5-4-10(8-13(12)21-2)14-11(9-19)18-7-3-6-16-15(18)17-14/h3-9H,1-2H3. The zero-order valence-corrected chi connectivity index (χ0v) is 11.6. The number of rotatable bonds is 4. The number of nitrogens with zero attached hydrogens (tertiary/aromatic N) is 3. The van der Waals surface area contributed by atoms with Crippen LogP contribution in [0, 0.1) is 0 Å². The number of methoxy groups -OCH3 is 2. The maximum absolute atomic E-state index is 11.4. The molecule has 0 N–H and O–H groups in total. The monoisotopic (exact) mass is 283 g/mol. The molecule has 0 fully saturated rings.